The second-order valence-corrected chi connectivity index (χ2v) is 7.04. The number of alkyl halides is 2. The van der Waals surface area contributed by atoms with Gasteiger partial charge in [-0.2, -0.15) is 0 Å². The molecule has 16 heavy (non-hydrogen) atoms. The van der Waals surface area contributed by atoms with Crippen LogP contribution in [-0.2, 0) is 9.59 Å². The van der Waals surface area contributed by atoms with E-state index in [1.807, 2.05) is 0 Å². The molecule has 4 aliphatic carbocycles. The van der Waals surface area contributed by atoms with E-state index < -0.39 is 11.9 Å². The van der Waals surface area contributed by atoms with Crippen LogP contribution in [0, 0.1) is 35.5 Å². The molecule has 88 valence electrons. The van der Waals surface area contributed by atoms with Gasteiger partial charge in [-0.05, 0) is 23.7 Å². The number of carbonyl (C=O) groups is 2. The van der Waals surface area contributed by atoms with Gasteiger partial charge in [0.1, 0.15) is 0 Å². The Balaban J connectivity index is 1.93. The number of hydrogen-bond donors (Lipinski definition) is 2. The Kier molecular flexibility index (Phi) is 2.22. The summed E-state index contributed by atoms with van der Waals surface area (Å²) in [6.45, 7) is 0. The molecule has 4 aliphatic rings. The van der Waals surface area contributed by atoms with Gasteiger partial charge in [0, 0.05) is 9.65 Å². The molecule has 0 amide bonds. The molecule has 0 aromatic heterocycles. The lowest BCUT2D eigenvalue weighted by Crippen LogP contribution is -2.78. The van der Waals surface area contributed by atoms with Crippen molar-refractivity contribution in [3.8, 4) is 0 Å². The molecule has 4 nitrogen and oxygen atoms in total. The second kappa shape index (κ2) is 3.22. The minimum absolute atomic E-state index is 0.0297. The third kappa shape index (κ3) is 1.01. The van der Waals surface area contributed by atoms with E-state index in [1.54, 1.807) is 0 Å². The molecule has 2 N–H and O–H groups in total. The van der Waals surface area contributed by atoms with E-state index in [4.69, 9.17) is 10.2 Å². The zero-order valence-electron chi connectivity index (χ0n) is 8.09. The summed E-state index contributed by atoms with van der Waals surface area (Å²) in [5, 5.41) is 18.2. The highest BCUT2D eigenvalue weighted by Crippen LogP contribution is 2.73. The molecular weight excluding hydrogens is 344 g/mol. The van der Waals surface area contributed by atoms with Gasteiger partial charge in [0.2, 0.25) is 0 Å². The first-order chi connectivity index (χ1) is 7.46. The summed E-state index contributed by atoms with van der Waals surface area (Å²) in [6.07, 6.45) is 0. The molecule has 4 saturated carbocycles. The molecule has 8 atom stereocenters. The van der Waals surface area contributed by atoms with Gasteiger partial charge in [-0.3, -0.25) is 9.59 Å². The van der Waals surface area contributed by atoms with Crippen molar-refractivity contribution in [1.82, 2.24) is 0 Å². The quantitative estimate of drug-likeness (QED) is 0.736. The molecule has 0 radical (unpaired) electrons. The maximum Gasteiger partial charge on any atom is 0.307 e. The normalized spacial score (nSPS) is 57.1. The van der Waals surface area contributed by atoms with Crippen LogP contribution in [0.4, 0.5) is 0 Å². The van der Waals surface area contributed by atoms with Crippen LogP contribution in [0.5, 0.6) is 0 Å². The minimum atomic E-state index is -0.774. The van der Waals surface area contributed by atoms with Crippen molar-refractivity contribution in [2.75, 3.05) is 0 Å². The Morgan fingerprint density at radius 3 is 1.31 bits per heavy atom. The lowest BCUT2D eigenvalue weighted by molar-refractivity contribution is -0.245. The second-order valence-electron chi connectivity index (χ2n) is 4.93. The predicted molar refractivity (Wildman–Crippen MR) is 61.6 cm³/mol. The fourth-order valence-electron chi connectivity index (χ4n) is 4.08. The van der Waals surface area contributed by atoms with Gasteiger partial charge in [-0.1, -0.05) is 31.9 Å². The highest BCUT2D eigenvalue weighted by molar-refractivity contribution is 9.12. The van der Waals surface area contributed by atoms with Crippen LogP contribution >= 0.6 is 31.9 Å². The third-order valence-electron chi connectivity index (χ3n) is 4.60. The molecule has 0 aliphatic heterocycles. The fraction of sp³-hybridized carbons (Fsp3) is 0.800. The summed E-state index contributed by atoms with van der Waals surface area (Å²) in [5.74, 6) is -2.15. The SMILES string of the molecule is O=C(O)[C@@H]1[C@@H]2[C@@H]3[C@H](C(=O)O)[C@@H]2[C@H](Br)[C@@H](Br)[C@H]13. The number of carboxylic acids is 2. The van der Waals surface area contributed by atoms with E-state index in [-0.39, 0.29) is 45.2 Å². The van der Waals surface area contributed by atoms with Crippen molar-refractivity contribution in [1.29, 1.82) is 0 Å². The van der Waals surface area contributed by atoms with E-state index in [2.05, 4.69) is 31.9 Å². The zero-order valence-corrected chi connectivity index (χ0v) is 11.3. The standard InChI is InChI=1S/C10H10Br2O4/c11-7-3-1-2(6(3)10(15)16)4(8(7)12)5(1)9(13)14/h1-8H,(H,13,14)(H,15,16)/t1-,2+,3-,4+,5-,6+,7-,8-/m0/s1. The Morgan fingerprint density at radius 1 is 0.750 bits per heavy atom. The molecule has 4 rings (SSSR count). The fourth-order valence-corrected chi connectivity index (χ4v) is 6.14. The number of fused-ring (bicyclic) bond motifs is 1. The molecule has 4 fully saturated rings. The third-order valence-corrected chi connectivity index (χ3v) is 7.67. The van der Waals surface area contributed by atoms with Crippen molar-refractivity contribution < 1.29 is 19.8 Å². The smallest absolute Gasteiger partial charge is 0.307 e. The first kappa shape index (κ1) is 11.0. The molecule has 0 aromatic rings. The van der Waals surface area contributed by atoms with Gasteiger partial charge in [-0.25, -0.2) is 0 Å². The van der Waals surface area contributed by atoms with Gasteiger partial charge in [0.15, 0.2) is 0 Å². The number of hydrogen-bond acceptors (Lipinski definition) is 2. The molecular formula is C10H10Br2O4. The van der Waals surface area contributed by atoms with Crippen LogP contribution in [0.15, 0.2) is 0 Å². The van der Waals surface area contributed by atoms with Gasteiger partial charge >= 0.3 is 11.9 Å². The summed E-state index contributed by atoms with van der Waals surface area (Å²) < 4.78 is 0. The lowest BCUT2D eigenvalue weighted by atomic mass is 9.32. The molecule has 0 heterocycles. The highest BCUT2D eigenvalue weighted by Gasteiger charge is 2.77. The molecule has 0 saturated heterocycles. The van der Waals surface area contributed by atoms with Crippen molar-refractivity contribution in [3.63, 3.8) is 0 Å². The van der Waals surface area contributed by atoms with Crippen LogP contribution in [-0.4, -0.2) is 31.8 Å². The summed E-state index contributed by atoms with van der Waals surface area (Å²) in [4.78, 5) is 22.4. The molecule has 0 spiro atoms. The highest BCUT2D eigenvalue weighted by atomic mass is 79.9. The van der Waals surface area contributed by atoms with Crippen molar-refractivity contribution >= 4 is 43.8 Å². The lowest BCUT2D eigenvalue weighted by Gasteiger charge is -2.73. The van der Waals surface area contributed by atoms with Crippen LogP contribution in [0.25, 0.3) is 0 Å². The summed E-state index contributed by atoms with van der Waals surface area (Å²) in [7, 11) is 0. The zero-order chi connectivity index (χ0) is 11.8. The summed E-state index contributed by atoms with van der Waals surface area (Å²) in [6, 6.07) is 0. The topological polar surface area (TPSA) is 74.6 Å². The Morgan fingerprint density at radius 2 is 1.06 bits per heavy atom. The molecule has 6 heteroatoms. The minimum Gasteiger partial charge on any atom is -0.481 e. The largest absolute Gasteiger partial charge is 0.481 e. The van der Waals surface area contributed by atoms with Crippen LogP contribution in [0.1, 0.15) is 0 Å². The number of aliphatic carboxylic acids is 2. The van der Waals surface area contributed by atoms with Gasteiger partial charge in [-0.15, -0.1) is 0 Å². The van der Waals surface area contributed by atoms with E-state index >= 15 is 0 Å². The van der Waals surface area contributed by atoms with E-state index in [1.165, 1.54) is 0 Å². The monoisotopic (exact) mass is 352 g/mol. The van der Waals surface area contributed by atoms with Crippen LogP contribution in [0.3, 0.4) is 0 Å². The van der Waals surface area contributed by atoms with Crippen LogP contribution < -0.4 is 0 Å². The summed E-state index contributed by atoms with van der Waals surface area (Å²) >= 11 is 7.02. The summed E-state index contributed by atoms with van der Waals surface area (Å²) in [5.41, 5.74) is 0. The maximum atomic E-state index is 11.1. The van der Waals surface area contributed by atoms with Crippen molar-refractivity contribution in [3.05, 3.63) is 0 Å². The number of halogens is 2. The Hall–Kier alpha value is -0.100. The molecule has 0 unspecified atom stereocenters. The molecule has 0 aromatic carbocycles. The average molecular weight is 354 g/mol. The van der Waals surface area contributed by atoms with E-state index in [0.29, 0.717) is 0 Å². The Labute approximate surface area is 109 Å². The predicted octanol–water partition coefficient (Wildman–Crippen LogP) is 1.42. The van der Waals surface area contributed by atoms with Gasteiger partial charge in [0.25, 0.3) is 0 Å². The van der Waals surface area contributed by atoms with Crippen LogP contribution in [0.2, 0.25) is 0 Å². The average Bonchev–Trinajstić information content (AvgIpc) is 2.13. The van der Waals surface area contributed by atoms with Crippen molar-refractivity contribution in [2.45, 2.75) is 9.65 Å². The number of rotatable bonds is 2. The van der Waals surface area contributed by atoms with Crippen molar-refractivity contribution in [2.24, 2.45) is 35.5 Å². The van der Waals surface area contributed by atoms with Gasteiger partial charge in [0.05, 0.1) is 11.8 Å². The Bertz CT molecular complexity index is 349. The number of carboxylic acid groups (broad SMARTS) is 2. The molecule has 4 bridgehead atoms. The maximum absolute atomic E-state index is 11.1. The van der Waals surface area contributed by atoms with Gasteiger partial charge < -0.3 is 10.2 Å². The van der Waals surface area contributed by atoms with E-state index in [9.17, 15) is 9.59 Å². The van der Waals surface area contributed by atoms with E-state index in [0.717, 1.165) is 0 Å². The first-order valence-electron chi connectivity index (χ1n) is 5.20. The first-order valence-corrected chi connectivity index (χ1v) is 7.03.